The van der Waals surface area contributed by atoms with Gasteiger partial charge < -0.3 is 19.6 Å². The Morgan fingerprint density at radius 3 is 2.65 bits per heavy atom. The van der Waals surface area contributed by atoms with Crippen molar-refractivity contribution in [3.63, 3.8) is 0 Å². The van der Waals surface area contributed by atoms with Gasteiger partial charge in [-0.3, -0.25) is 14.9 Å². The van der Waals surface area contributed by atoms with E-state index in [0.29, 0.717) is 30.8 Å². The van der Waals surface area contributed by atoms with Crippen molar-refractivity contribution in [2.75, 3.05) is 24.7 Å². The largest absolute Gasteiger partial charge is 0.480 e. The van der Waals surface area contributed by atoms with Crippen molar-refractivity contribution in [1.29, 1.82) is 0 Å². The van der Waals surface area contributed by atoms with Crippen molar-refractivity contribution < 1.29 is 34.2 Å². The van der Waals surface area contributed by atoms with Crippen LogP contribution in [-0.4, -0.2) is 81.8 Å². The van der Waals surface area contributed by atoms with Crippen molar-refractivity contribution >= 4 is 29.6 Å². The summed E-state index contributed by atoms with van der Waals surface area (Å²) in [5.41, 5.74) is 1.04. The Morgan fingerprint density at radius 2 is 1.95 bits per heavy atom. The normalized spacial score (nSPS) is 22.2. The van der Waals surface area contributed by atoms with Gasteiger partial charge in [0.05, 0.1) is 6.04 Å². The number of thioether (sulfide) groups is 1. The van der Waals surface area contributed by atoms with Gasteiger partial charge in [-0.15, -0.1) is 10.1 Å². The number of aryl methyl sites for hydroxylation is 1. The second-order valence-electron chi connectivity index (χ2n) is 9.40. The number of aliphatic carboxylic acids is 1. The second-order valence-corrected chi connectivity index (χ2v) is 10.6. The predicted octanol–water partition coefficient (Wildman–Crippen LogP) is 2.30. The molecule has 5 unspecified atom stereocenters. The van der Waals surface area contributed by atoms with Crippen LogP contribution in [0.15, 0.2) is 30.3 Å². The van der Waals surface area contributed by atoms with Gasteiger partial charge in [-0.2, -0.15) is 11.8 Å². The monoisotopic (exact) mass is 537 g/mol. The molecule has 12 heteroatoms. The number of likely N-dealkylation sites (tertiary alicyclic amines) is 1. The highest BCUT2D eigenvalue weighted by atomic mass is 32.2. The maximum absolute atomic E-state index is 13.4. The van der Waals surface area contributed by atoms with Gasteiger partial charge >= 0.3 is 11.9 Å². The first-order valence-electron chi connectivity index (χ1n) is 12.6. The summed E-state index contributed by atoms with van der Waals surface area (Å²) in [6, 6.07) is 7.25. The summed E-state index contributed by atoms with van der Waals surface area (Å²) < 4.78 is 5.44. The summed E-state index contributed by atoms with van der Waals surface area (Å²) >= 11 is 1.36. The quantitative estimate of drug-likeness (QED) is 0.148. The number of nitrogens with one attached hydrogen (secondary N) is 1. The summed E-state index contributed by atoms with van der Waals surface area (Å²) in [6.45, 7) is 1.74. The molecule has 1 aromatic carbocycles. The Bertz CT molecular complexity index is 934. The third-order valence-electron chi connectivity index (χ3n) is 6.94. The molecular formula is C25H35N3O8S. The number of hydrogen-bond acceptors (Lipinski definition) is 9. The van der Waals surface area contributed by atoms with Crippen LogP contribution in [0.25, 0.3) is 0 Å². The fourth-order valence-electron chi connectivity index (χ4n) is 5.22. The van der Waals surface area contributed by atoms with Crippen molar-refractivity contribution in [1.82, 2.24) is 10.2 Å². The number of fused-ring (bicyclic) bond motifs is 1. The summed E-state index contributed by atoms with van der Waals surface area (Å²) in [7, 11) is 0. The lowest BCUT2D eigenvalue weighted by Gasteiger charge is -2.32. The number of nitrogens with zero attached hydrogens (tertiary/aromatic N) is 2. The minimum atomic E-state index is -0.990. The van der Waals surface area contributed by atoms with Crippen LogP contribution in [0.3, 0.4) is 0 Å². The first-order chi connectivity index (χ1) is 17.8. The van der Waals surface area contributed by atoms with Crippen LogP contribution >= 0.6 is 11.8 Å². The highest BCUT2D eigenvalue weighted by Gasteiger charge is 2.49. The average Bonchev–Trinajstić information content (AvgIpc) is 3.47. The van der Waals surface area contributed by atoms with Crippen LogP contribution in [0.5, 0.6) is 0 Å². The maximum atomic E-state index is 13.4. The van der Waals surface area contributed by atoms with Crippen molar-refractivity contribution in [3.05, 3.63) is 46.0 Å². The SMILES string of the molecule is CC(NC(CCc1ccccc1)C(=O)OCCSCCO[N+](=O)[O-])C(=O)N1C(C(=O)O)CC2CCCC21. The number of carboxylic acid groups (broad SMARTS) is 1. The van der Waals surface area contributed by atoms with Gasteiger partial charge in [0.15, 0.2) is 0 Å². The molecule has 1 aliphatic heterocycles. The van der Waals surface area contributed by atoms with E-state index in [1.165, 1.54) is 16.7 Å². The molecule has 11 nitrogen and oxygen atoms in total. The van der Waals surface area contributed by atoms with Crippen LogP contribution in [0.4, 0.5) is 0 Å². The third kappa shape index (κ3) is 8.32. The van der Waals surface area contributed by atoms with Gasteiger partial charge in [-0.05, 0) is 50.5 Å². The lowest BCUT2D eigenvalue weighted by molar-refractivity contribution is -0.756. The van der Waals surface area contributed by atoms with Gasteiger partial charge in [0.2, 0.25) is 5.91 Å². The van der Waals surface area contributed by atoms with Crippen molar-refractivity contribution in [3.8, 4) is 0 Å². The number of carboxylic acids is 1. The van der Waals surface area contributed by atoms with Crippen LogP contribution in [0.1, 0.15) is 44.6 Å². The molecule has 3 rings (SSSR count). The zero-order valence-electron chi connectivity index (χ0n) is 21.0. The number of carbonyl (C=O) groups excluding carboxylic acids is 2. The minimum Gasteiger partial charge on any atom is -0.480 e. The van der Waals surface area contributed by atoms with E-state index in [1.54, 1.807) is 6.92 Å². The molecule has 37 heavy (non-hydrogen) atoms. The predicted molar refractivity (Wildman–Crippen MR) is 136 cm³/mol. The fraction of sp³-hybridized carbons (Fsp3) is 0.640. The molecule has 5 atom stereocenters. The lowest BCUT2D eigenvalue weighted by atomic mass is 10.0. The standard InChI is InChI=1S/C25H35N3O8S/c1-17(23(29)27-21-9-5-8-19(21)16-22(27)24(30)31)26-20(11-10-18-6-3-2-4-7-18)25(32)35-12-14-37-15-13-36-28(33)34/h2-4,6-7,17,19-22,26H,5,8-16H2,1H3,(H,30,31). The number of amides is 1. The van der Waals surface area contributed by atoms with Gasteiger partial charge in [0, 0.05) is 17.5 Å². The lowest BCUT2D eigenvalue weighted by Crippen LogP contribution is -2.55. The van der Waals surface area contributed by atoms with E-state index in [0.717, 1.165) is 24.8 Å². The van der Waals surface area contributed by atoms with Crippen LogP contribution in [0.2, 0.25) is 0 Å². The van der Waals surface area contributed by atoms with Gasteiger partial charge in [-0.25, -0.2) is 4.79 Å². The summed E-state index contributed by atoms with van der Waals surface area (Å²) in [4.78, 5) is 54.2. The molecular weight excluding hydrogens is 502 g/mol. The molecule has 1 amide bonds. The highest BCUT2D eigenvalue weighted by Crippen LogP contribution is 2.41. The topological polar surface area (TPSA) is 148 Å². The number of ether oxygens (including phenoxy) is 1. The highest BCUT2D eigenvalue weighted by molar-refractivity contribution is 7.99. The number of rotatable bonds is 15. The van der Waals surface area contributed by atoms with E-state index in [2.05, 4.69) is 10.2 Å². The minimum absolute atomic E-state index is 0.0395. The smallest absolute Gasteiger partial charge is 0.326 e. The Labute approximate surface area is 220 Å². The summed E-state index contributed by atoms with van der Waals surface area (Å²) in [5.74, 6) is -0.736. The molecule has 204 valence electrons. The summed E-state index contributed by atoms with van der Waals surface area (Å²) in [6.07, 6.45) is 4.18. The van der Waals surface area contributed by atoms with E-state index < -0.39 is 35.2 Å². The second kappa shape index (κ2) is 14.2. The molecule has 1 aromatic rings. The van der Waals surface area contributed by atoms with E-state index in [-0.39, 0.29) is 31.1 Å². The molecule has 0 bridgehead atoms. The number of hydrogen-bond donors (Lipinski definition) is 2. The molecule has 1 saturated heterocycles. The molecule has 0 aromatic heterocycles. The van der Waals surface area contributed by atoms with E-state index in [9.17, 15) is 29.6 Å². The zero-order chi connectivity index (χ0) is 26.8. The maximum Gasteiger partial charge on any atom is 0.326 e. The molecule has 1 saturated carbocycles. The van der Waals surface area contributed by atoms with Gasteiger partial charge in [-0.1, -0.05) is 36.8 Å². The average molecular weight is 538 g/mol. The van der Waals surface area contributed by atoms with Gasteiger partial charge in [0.1, 0.15) is 25.3 Å². The first kappa shape index (κ1) is 28.7. The molecule has 0 spiro atoms. The number of benzene rings is 1. The van der Waals surface area contributed by atoms with Gasteiger partial charge in [0.25, 0.3) is 5.09 Å². The molecule has 1 aliphatic carbocycles. The molecule has 2 aliphatic rings. The Balaban J connectivity index is 1.58. The van der Waals surface area contributed by atoms with Crippen molar-refractivity contribution in [2.24, 2.45) is 5.92 Å². The third-order valence-corrected chi connectivity index (χ3v) is 7.86. The Morgan fingerprint density at radius 1 is 1.22 bits per heavy atom. The number of carbonyl (C=O) groups is 3. The van der Waals surface area contributed by atoms with Crippen LogP contribution < -0.4 is 5.32 Å². The molecule has 1 heterocycles. The Kier molecular flexibility index (Phi) is 11.0. The molecule has 0 radical (unpaired) electrons. The summed E-state index contributed by atoms with van der Waals surface area (Å²) in [5, 5.41) is 22.2. The van der Waals surface area contributed by atoms with Crippen LogP contribution in [0, 0.1) is 16.0 Å². The van der Waals surface area contributed by atoms with Crippen molar-refractivity contribution in [2.45, 2.75) is 69.6 Å². The van der Waals surface area contributed by atoms with E-state index in [1.807, 2.05) is 30.3 Å². The van der Waals surface area contributed by atoms with E-state index in [4.69, 9.17) is 4.74 Å². The zero-order valence-corrected chi connectivity index (χ0v) is 21.8. The fourth-order valence-corrected chi connectivity index (χ4v) is 5.82. The molecule has 2 N–H and O–H groups in total. The first-order valence-corrected chi connectivity index (χ1v) is 13.8. The molecule has 2 fully saturated rings. The van der Waals surface area contributed by atoms with E-state index >= 15 is 0 Å². The van der Waals surface area contributed by atoms with Crippen LogP contribution in [-0.2, 0) is 30.4 Å². The Hall–Kier alpha value is -2.86. The number of esters is 1.